The molecule has 0 radical (unpaired) electrons. The molecule has 0 aliphatic carbocycles. The Morgan fingerprint density at radius 2 is 1.45 bits per heavy atom. The minimum Gasteiger partial charge on any atom is -0.394 e. The molecular formula is C9H20N6O6S. The zero-order chi connectivity index (χ0) is 17.1. The molecular weight excluding hydrogens is 320 g/mol. The van der Waals surface area contributed by atoms with Crippen LogP contribution in [0.1, 0.15) is 0 Å². The van der Waals surface area contributed by atoms with Gasteiger partial charge in [-0.05, 0) is 11.1 Å². The lowest BCUT2D eigenvalue weighted by molar-refractivity contribution is 0.0976. The lowest BCUT2D eigenvalue weighted by atomic mass is 10.7. The fourth-order valence-electron chi connectivity index (χ4n) is 0.813. The van der Waals surface area contributed by atoms with E-state index in [1.807, 2.05) is 0 Å². The number of hydrogen-bond acceptors (Lipinski definition) is 8. The molecule has 1 N–H and O–H groups in total. The van der Waals surface area contributed by atoms with Crippen LogP contribution in [-0.2, 0) is 23.8 Å². The van der Waals surface area contributed by atoms with Gasteiger partial charge in [0.05, 0.1) is 45.9 Å². The summed E-state index contributed by atoms with van der Waals surface area (Å²) in [5, 5.41) is 14.6. The quantitative estimate of drug-likeness (QED) is 0.178. The van der Waals surface area contributed by atoms with E-state index in [9.17, 15) is 8.42 Å². The molecule has 128 valence electrons. The monoisotopic (exact) mass is 340 g/mol. The number of aliphatic hydroxyl groups excluding tert-OH is 1. The molecule has 0 unspecified atom stereocenters. The molecule has 0 saturated carbocycles. The molecule has 22 heavy (non-hydrogen) atoms. The summed E-state index contributed by atoms with van der Waals surface area (Å²) < 4.78 is 34.9. The van der Waals surface area contributed by atoms with Gasteiger partial charge in [0.25, 0.3) is 10.1 Å². The van der Waals surface area contributed by atoms with Crippen molar-refractivity contribution in [2.45, 2.75) is 0 Å². The summed E-state index contributed by atoms with van der Waals surface area (Å²) in [5.41, 5.74) is 15.7. The maximum atomic E-state index is 10.4. The molecule has 0 aromatic carbocycles. The molecule has 0 aromatic heterocycles. The van der Waals surface area contributed by atoms with Crippen molar-refractivity contribution in [1.29, 1.82) is 0 Å². The smallest absolute Gasteiger partial charge is 0.264 e. The third kappa shape index (κ3) is 26.9. The van der Waals surface area contributed by atoms with Crippen molar-refractivity contribution < 1.29 is 27.2 Å². The number of hydrogen-bond donors (Lipinski definition) is 1. The second-order valence-corrected chi connectivity index (χ2v) is 5.03. The molecule has 0 spiro atoms. The summed E-state index contributed by atoms with van der Waals surface area (Å²) in [6, 6.07) is 0. The van der Waals surface area contributed by atoms with Crippen molar-refractivity contribution in [1.82, 2.24) is 0 Å². The lowest BCUT2D eigenvalue weighted by Crippen LogP contribution is -2.10. The minimum absolute atomic E-state index is 0.0102. The average Bonchev–Trinajstić information content (AvgIpc) is 2.46. The molecule has 0 amide bonds. The van der Waals surface area contributed by atoms with Crippen LogP contribution >= 0.6 is 0 Å². The van der Waals surface area contributed by atoms with Crippen molar-refractivity contribution in [3.63, 3.8) is 0 Å². The molecule has 13 heteroatoms. The third-order valence-corrected chi connectivity index (χ3v) is 2.15. The predicted molar refractivity (Wildman–Crippen MR) is 77.5 cm³/mol. The average molecular weight is 340 g/mol. The largest absolute Gasteiger partial charge is 0.394 e. The highest BCUT2D eigenvalue weighted by atomic mass is 32.2. The van der Waals surface area contributed by atoms with Gasteiger partial charge in [0.15, 0.2) is 0 Å². The zero-order valence-electron chi connectivity index (χ0n) is 12.2. The Morgan fingerprint density at radius 1 is 0.955 bits per heavy atom. The van der Waals surface area contributed by atoms with Gasteiger partial charge in [0.2, 0.25) is 0 Å². The Bertz CT molecular complexity index is 446. The first-order valence-corrected chi connectivity index (χ1v) is 7.92. The van der Waals surface area contributed by atoms with Gasteiger partial charge in [-0.3, -0.25) is 4.18 Å². The highest BCUT2D eigenvalue weighted by molar-refractivity contribution is 7.85. The summed E-state index contributed by atoms with van der Waals surface area (Å²) in [7, 11) is -3.38. The number of nitrogens with zero attached hydrogens (tertiary/aromatic N) is 6. The number of ether oxygens (including phenoxy) is 2. The van der Waals surface area contributed by atoms with E-state index in [-0.39, 0.29) is 33.0 Å². The van der Waals surface area contributed by atoms with Gasteiger partial charge in [0.1, 0.15) is 0 Å². The molecule has 0 atom stereocenters. The summed E-state index contributed by atoms with van der Waals surface area (Å²) in [6.45, 7) is 1.66. The SMILES string of the molecule is CS(=O)(=O)OCCOCCN=[N+]=[N-].[N-]=[N+]=NCCOCCO. The number of rotatable bonds is 12. The number of azide groups is 2. The normalized spacial score (nSPS) is 9.91. The maximum Gasteiger partial charge on any atom is 0.264 e. The van der Waals surface area contributed by atoms with Gasteiger partial charge in [-0.2, -0.15) is 8.42 Å². The predicted octanol–water partition coefficient (Wildman–Crippen LogP) is 0.595. The van der Waals surface area contributed by atoms with E-state index in [1.165, 1.54) is 0 Å². The molecule has 0 rings (SSSR count). The second kappa shape index (κ2) is 17.5. The molecule has 0 aromatic rings. The molecule has 0 bridgehead atoms. The lowest BCUT2D eigenvalue weighted by Gasteiger charge is -2.01. The van der Waals surface area contributed by atoms with E-state index in [0.29, 0.717) is 19.8 Å². The van der Waals surface area contributed by atoms with E-state index in [0.717, 1.165) is 6.26 Å². The molecule has 0 aliphatic heterocycles. The highest BCUT2D eigenvalue weighted by Crippen LogP contribution is 1.86. The number of aliphatic hydroxyl groups is 1. The third-order valence-electron chi connectivity index (χ3n) is 1.56. The van der Waals surface area contributed by atoms with Gasteiger partial charge >= 0.3 is 0 Å². The van der Waals surface area contributed by atoms with Crippen molar-refractivity contribution in [2.75, 3.05) is 59.0 Å². The standard InChI is InChI=1S/C5H11N3O4S.C4H9N3O2/c1-13(9,10)12-5-4-11-3-2-7-8-6;5-7-6-1-3-9-4-2-8/h2-5H2,1H3;8H,1-4H2. The fourth-order valence-corrected chi connectivity index (χ4v) is 1.18. The van der Waals surface area contributed by atoms with Gasteiger partial charge in [-0.15, -0.1) is 0 Å². The summed E-state index contributed by atoms with van der Waals surface area (Å²) in [6.07, 6.45) is 0.965. The van der Waals surface area contributed by atoms with Gasteiger partial charge in [-0.1, -0.05) is 10.2 Å². The van der Waals surface area contributed by atoms with Crippen LogP contribution in [0.4, 0.5) is 0 Å². The summed E-state index contributed by atoms with van der Waals surface area (Å²) in [5.74, 6) is 0. The molecule has 12 nitrogen and oxygen atoms in total. The minimum atomic E-state index is -3.38. The van der Waals surface area contributed by atoms with Crippen LogP contribution in [-0.4, -0.2) is 72.5 Å². The Labute approximate surface area is 128 Å². The van der Waals surface area contributed by atoms with Gasteiger partial charge < -0.3 is 14.6 Å². The molecule has 0 fully saturated rings. The van der Waals surface area contributed by atoms with Crippen molar-refractivity contribution in [3.05, 3.63) is 20.9 Å². The Morgan fingerprint density at radius 3 is 1.86 bits per heavy atom. The first kappa shape index (κ1) is 22.7. The van der Waals surface area contributed by atoms with Crippen LogP contribution in [0.15, 0.2) is 10.2 Å². The van der Waals surface area contributed by atoms with E-state index >= 15 is 0 Å². The zero-order valence-corrected chi connectivity index (χ0v) is 13.1. The molecule has 0 aliphatic rings. The summed E-state index contributed by atoms with van der Waals surface area (Å²) in [4.78, 5) is 5.03. The fraction of sp³-hybridized carbons (Fsp3) is 1.00. The van der Waals surface area contributed by atoms with Gasteiger partial charge in [-0.25, -0.2) is 0 Å². The van der Waals surface area contributed by atoms with Crippen molar-refractivity contribution in [2.24, 2.45) is 10.2 Å². The first-order valence-electron chi connectivity index (χ1n) is 6.10. The van der Waals surface area contributed by atoms with E-state index in [4.69, 9.17) is 25.6 Å². The highest BCUT2D eigenvalue weighted by Gasteiger charge is 1.99. The summed E-state index contributed by atoms with van der Waals surface area (Å²) >= 11 is 0. The Balaban J connectivity index is 0. The van der Waals surface area contributed by atoms with Gasteiger partial charge in [0, 0.05) is 22.9 Å². The maximum absolute atomic E-state index is 10.4. The second-order valence-electron chi connectivity index (χ2n) is 3.38. The van der Waals surface area contributed by atoms with Crippen LogP contribution in [0.3, 0.4) is 0 Å². The van der Waals surface area contributed by atoms with E-state index in [2.05, 4.69) is 24.2 Å². The van der Waals surface area contributed by atoms with Crippen LogP contribution < -0.4 is 0 Å². The molecule has 0 heterocycles. The molecule has 0 saturated heterocycles. The Kier molecular flexibility index (Phi) is 18.0. The van der Waals surface area contributed by atoms with E-state index in [1.54, 1.807) is 0 Å². The van der Waals surface area contributed by atoms with E-state index < -0.39 is 10.1 Å². The van der Waals surface area contributed by atoms with Crippen molar-refractivity contribution in [3.8, 4) is 0 Å². The topological polar surface area (TPSA) is 180 Å². The Hall–Kier alpha value is -1.59. The first-order chi connectivity index (χ1) is 10.5. The van der Waals surface area contributed by atoms with Crippen molar-refractivity contribution >= 4 is 10.1 Å². The van der Waals surface area contributed by atoms with Crippen LogP contribution in [0, 0.1) is 0 Å². The van der Waals surface area contributed by atoms with Crippen LogP contribution in [0.2, 0.25) is 0 Å². The van der Waals surface area contributed by atoms with Crippen LogP contribution in [0.25, 0.3) is 20.9 Å². The van der Waals surface area contributed by atoms with Crippen LogP contribution in [0.5, 0.6) is 0 Å².